The van der Waals surface area contributed by atoms with Crippen LogP contribution in [0.5, 0.6) is 0 Å². The van der Waals surface area contributed by atoms with Crippen molar-refractivity contribution in [2.24, 2.45) is 0 Å². The van der Waals surface area contributed by atoms with Crippen molar-refractivity contribution >= 4 is 10.9 Å². The Balaban J connectivity index is 2.18. The van der Waals surface area contributed by atoms with Crippen LogP contribution >= 0.6 is 0 Å². The van der Waals surface area contributed by atoms with Gasteiger partial charge in [0.1, 0.15) is 6.20 Å². The molecule has 3 aromatic rings. The van der Waals surface area contributed by atoms with Crippen molar-refractivity contribution in [3.8, 4) is 0 Å². The number of fused-ring (bicyclic) bond motifs is 1. The average molecular weight is 252 g/mol. The second-order valence-electron chi connectivity index (χ2n) is 4.14. The van der Waals surface area contributed by atoms with Crippen LogP contribution in [0.1, 0.15) is 11.7 Å². The van der Waals surface area contributed by atoms with Gasteiger partial charge in [0.05, 0.1) is 10.4 Å². The second kappa shape index (κ2) is 4.53. The molecule has 0 aliphatic heterocycles. The standard InChI is InChI=1S/C14H10N3O2/c18-17(19)14(11-6-2-1-3-7-11)16-13-9-5-4-8-12(13)10-15-16/h1-9,14H. The van der Waals surface area contributed by atoms with E-state index in [9.17, 15) is 10.1 Å². The van der Waals surface area contributed by atoms with Crippen LogP contribution in [0.2, 0.25) is 0 Å². The molecule has 0 spiro atoms. The topological polar surface area (TPSA) is 61.0 Å². The molecule has 2 aromatic carbocycles. The normalized spacial score (nSPS) is 12.4. The molecule has 1 radical (unpaired) electrons. The van der Waals surface area contributed by atoms with E-state index >= 15 is 0 Å². The van der Waals surface area contributed by atoms with Gasteiger partial charge >= 0.3 is 6.17 Å². The number of hydrogen-bond acceptors (Lipinski definition) is 3. The third-order valence-electron chi connectivity index (χ3n) is 2.96. The van der Waals surface area contributed by atoms with Crippen LogP contribution < -0.4 is 0 Å². The first-order valence-corrected chi connectivity index (χ1v) is 5.81. The van der Waals surface area contributed by atoms with Gasteiger partial charge in [-0.3, -0.25) is 10.1 Å². The fourth-order valence-corrected chi connectivity index (χ4v) is 2.09. The highest BCUT2D eigenvalue weighted by Gasteiger charge is 2.26. The minimum atomic E-state index is -1.03. The first kappa shape index (κ1) is 11.4. The SMILES string of the molecule is O=[N+]([O-])C(c1ccccc1)n1n[c]c2ccccc21. The number of aromatic nitrogens is 2. The summed E-state index contributed by atoms with van der Waals surface area (Å²) in [5.74, 6) is 0. The van der Waals surface area contributed by atoms with Gasteiger partial charge in [-0.1, -0.05) is 48.5 Å². The third-order valence-corrected chi connectivity index (χ3v) is 2.96. The lowest BCUT2D eigenvalue weighted by atomic mass is 10.2. The number of nitro groups is 1. The zero-order chi connectivity index (χ0) is 13.2. The van der Waals surface area contributed by atoms with Crippen molar-refractivity contribution in [1.29, 1.82) is 0 Å². The van der Waals surface area contributed by atoms with Gasteiger partial charge in [-0.2, -0.15) is 9.78 Å². The molecule has 0 amide bonds. The summed E-state index contributed by atoms with van der Waals surface area (Å²) in [6.45, 7) is 0. The number of benzene rings is 2. The van der Waals surface area contributed by atoms with Crippen LogP contribution in [-0.4, -0.2) is 14.7 Å². The quantitative estimate of drug-likeness (QED) is 0.531. The lowest BCUT2D eigenvalue weighted by Gasteiger charge is -2.11. The van der Waals surface area contributed by atoms with Crippen molar-refractivity contribution in [1.82, 2.24) is 9.78 Å². The summed E-state index contributed by atoms with van der Waals surface area (Å²) in [4.78, 5) is 11.0. The van der Waals surface area contributed by atoms with Crippen molar-refractivity contribution in [2.45, 2.75) is 6.17 Å². The Morgan fingerprint density at radius 1 is 1.11 bits per heavy atom. The van der Waals surface area contributed by atoms with Crippen molar-refractivity contribution in [3.05, 3.63) is 76.5 Å². The lowest BCUT2D eigenvalue weighted by Crippen LogP contribution is -2.20. The first-order chi connectivity index (χ1) is 9.27. The molecule has 1 heterocycles. The van der Waals surface area contributed by atoms with E-state index in [1.165, 1.54) is 4.68 Å². The fraction of sp³-hybridized carbons (Fsp3) is 0.0714. The van der Waals surface area contributed by atoms with E-state index in [0.717, 1.165) is 5.39 Å². The highest BCUT2D eigenvalue weighted by Crippen LogP contribution is 2.23. The van der Waals surface area contributed by atoms with Gasteiger partial charge in [-0.15, -0.1) is 0 Å². The van der Waals surface area contributed by atoms with Crippen molar-refractivity contribution in [2.75, 3.05) is 0 Å². The Morgan fingerprint density at radius 3 is 2.53 bits per heavy atom. The molecule has 1 atom stereocenters. The van der Waals surface area contributed by atoms with Crippen LogP contribution in [-0.2, 0) is 0 Å². The molecule has 5 nitrogen and oxygen atoms in total. The van der Waals surface area contributed by atoms with Crippen LogP contribution in [0, 0.1) is 16.3 Å². The molecule has 0 aliphatic rings. The Kier molecular flexibility index (Phi) is 2.72. The van der Waals surface area contributed by atoms with Gasteiger partial charge in [0.15, 0.2) is 0 Å². The maximum Gasteiger partial charge on any atom is 0.331 e. The van der Waals surface area contributed by atoms with Crippen molar-refractivity contribution < 1.29 is 4.92 Å². The van der Waals surface area contributed by atoms with Gasteiger partial charge in [0.25, 0.3) is 0 Å². The number of nitrogens with zero attached hydrogens (tertiary/aromatic N) is 3. The Bertz CT molecular complexity index is 722. The van der Waals surface area contributed by atoms with Gasteiger partial charge < -0.3 is 0 Å². The van der Waals surface area contributed by atoms with Gasteiger partial charge in [-0.05, 0) is 6.07 Å². The van der Waals surface area contributed by atoms with E-state index in [1.807, 2.05) is 24.3 Å². The molecule has 0 bridgehead atoms. The number of para-hydroxylation sites is 1. The van der Waals surface area contributed by atoms with E-state index in [-0.39, 0.29) is 4.92 Å². The number of hydrogen-bond donors (Lipinski definition) is 0. The van der Waals surface area contributed by atoms with Crippen LogP contribution in [0.4, 0.5) is 0 Å². The third kappa shape index (κ3) is 1.95. The predicted octanol–water partition coefficient (Wildman–Crippen LogP) is 2.66. The van der Waals surface area contributed by atoms with Crippen LogP contribution in [0.3, 0.4) is 0 Å². The molecule has 5 heteroatoms. The summed E-state index contributed by atoms with van der Waals surface area (Å²) < 4.78 is 1.39. The average Bonchev–Trinajstić information content (AvgIpc) is 2.84. The van der Waals surface area contributed by atoms with E-state index in [1.54, 1.807) is 30.3 Å². The molecule has 93 valence electrons. The molecule has 19 heavy (non-hydrogen) atoms. The van der Waals surface area contributed by atoms with E-state index in [4.69, 9.17) is 0 Å². The lowest BCUT2D eigenvalue weighted by molar-refractivity contribution is -0.537. The first-order valence-electron chi connectivity index (χ1n) is 5.81. The molecule has 3 rings (SSSR count). The minimum absolute atomic E-state index is 0.345. The number of rotatable bonds is 3. The summed E-state index contributed by atoms with van der Waals surface area (Å²) in [6.07, 6.45) is 1.77. The maximum atomic E-state index is 11.4. The van der Waals surface area contributed by atoms with Crippen LogP contribution in [0.15, 0.2) is 54.6 Å². The zero-order valence-corrected chi connectivity index (χ0v) is 9.93. The molecule has 0 fully saturated rings. The Labute approximate surface area is 109 Å². The zero-order valence-electron chi connectivity index (χ0n) is 9.93. The van der Waals surface area contributed by atoms with E-state index < -0.39 is 6.17 Å². The highest BCUT2D eigenvalue weighted by molar-refractivity contribution is 5.77. The molecule has 0 N–H and O–H groups in total. The molecule has 0 saturated carbocycles. The smallest absolute Gasteiger partial charge is 0.262 e. The fourth-order valence-electron chi connectivity index (χ4n) is 2.09. The van der Waals surface area contributed by atoms with Crippen molar-refractivity contribution in [3.63, 3.8) is 0 Å². The molecule has 0 saturated heterocycles. The summed E-state index contributed by atoms with van der Waals surface area (Å²) in [7, 11) is 0. The van der Waals surface area contributed by atoms with Crippen LogP contribution in [0.25, 0.3) is 10.9 Å². The maximum absolute atomic E-state index is 11.4. The van der Waals surface area contributed by atoms with Gasteiger partial charge in [0.2, 0.25) is 0 Å². The monoisotopic (exact) mass is 252 g/mol. The summed E-state index contributed by atoms with van der Waals surface area (Å²) >= 11 is 0. The Hall–Kier alpha value is -2.69. The van der Waals surface area contributed by atoms with E-state index in [2.05, 4.69) is 11.3 Å². The van der Waals surface area contributed by atoms with Gasteiger partial charge in [-0.25, -0.2) is 0 Å². The second-order valence-corrected chi connectivity index (χ2v) is 4.14. The minimum Gasteiger partial charge on any atom is -0.262 e. The predicted molar refractivity (Wildman–Crippen MR) is 70.1 cm³/mol. The summed E-state index contributed by atoms with van der Waals surface area (Å²) in [5, 5.41) is 16.2. The largest absolute Gasteiger partial charge is 0.331 e. The summed E-state index contributed by atoms with van der Waals surface area (Å²) in [6, 6.07) is 16.2. The molecular weight excluding hydrogens is 242 g/mol. The molecule has 0 aliphatic carbocycles. The Morgan fingerprint density at radius 2 is 1.79 bits per heavy atom. The van der Waals surface area contributed by atoms with E-state index in [0.29, 0.717) is 11.1 Å². The summed E-state index contributed by atoms with van der Waals surface area (Å²) in [5.41, 5.74) is 1.29. The molecule has 1 aromatic heterocycles. The molecular formula is C14H10N3O2. The highest BCUT2D eigenvalue weighted by atomic mass is 16.6. The van der Waals surface area contributed by atoms with Gasteiger partial charge in [0, 0.05) is 10.9 Å². The molecule has 1 unspecified atom stereocenters.